The third kappa shape index (κ3) is 1.54. The zero-order valence-electron chi connectivity index (χ0n) is 12.0. The van der Waals surface area contributed by atoms with Gasteiger partial charge in [0.1, 0.15) is 5.78 Å². The zero-order chi connectivity index (χ0) is 13.2. The van der Waals surface area contributed by atoms with Crippen LogP contribution in [0.15, 0.2) is 0 Å². The van der Waals surface area contributed by atoms with Gasteiger partial charge in [0.2, 0.25) is 0 Å². The minimum atomic E-state index is 0.173. The second-order valence-corrected chi connectivity index (χ2v) is 8.26. The van der Waals surface area contributed by atoms with Crippen molar-refractivity contribution in [1.29, 1.82) is 0 Å². The molecule has 1 aromatic heterocycles. The molecule has 0 aromatic carbocycles. The number of ketones is 1. The van der Waals surface area contributed by atoms with Crippen molar-refractivity contribution in [2.45, 2.75) is 64.7 Å². The third-order valence-corrected chi connectivity index (χ3v) is 6.32. The minimum Gasteiger partial charge on any atom is -0.299 e. The number of hydrogen-bond donors (Lipinski definition) is 0. The number of carbonyl (C=O) groups is 1. The molecule has 3 rings (SSSR count). The highest BCUT2D eigenvalue weighted by molar-refractivity contribution is 7.12. The van der Waals surface area contributed by atoms with Crippen LogP contribution in [0, 0.1) is 5.92 Å². The topological polar surface area (TPSA) is 17.1 Å². The van der Waals surface area contributed by atoms with Gasteiger partial charge in [-0.25, -0.2) is 0 Å². The van der Waals surface area contributed by atoms with Crippen molar-refractivity contribution in [3.8, 4) is 0 Å². The van der Waals surface area contributed by atoms with Crippen LogP contribution in [-0.2, 0) is 16.6 Å². The highest BCUT2D eigenvalue weighted by atomic mass is 32.1. The summed E-state index contributed by atoms with van der Waals surface area (Å²) in [6.45, 7) is 11.4. The molecule has 0 spiro atoms. The van der Waals surface area contributed by atoms with Crippen LogP contribution in [0.25, 0.3) is 0 Å². The van der Waals surface area contributed by atoms with E-state index < -0.39 is 0 Å². The summed E-state index contributed by atoms with van der Waals surface area (Å²) >= 11 is 1.97. The molecule has 98 valence electrons. The van der Waals surface area contributed by atoms with Crippen molar-refractivity contribution in [2.24, 2.45) is 5.92 Å². The molecule has 0 amide bonds. The molecular weight excluding hydrogens is 240 g/mol. The van der Waals surface area contributed by atoms with Crippen molar-refractivity contribution >= 4 is 17.1 Å². The largest absolute Gasteiger partial charge is 0.299 e. The predicted octanol–water partition coefficient (Wildman–Crippen LogP) is 4.40. The van der Waals surface area contributed by atoms with Crippen LogP contribution in [0.2, 0.25) is 0 Å². The maximum atomic E-state index is 11.9. The smallest absolute Gasteiger partial charge is 0.141 e. The first-order valence-corrected chi connectivity index (χ1v) is 7.81. The summed E-state index contributed by atoms with van der Waals surface area (Å²) < 4.78 is 0. The van der Waals surface area contributed by atoms with Gasteiger partial charge in [-0.1, -0.05) is 34.6 Å². The first-order chi connectivity index (χ1) is 8.30. The Bertz CT molecular complexity index is 516. The lowest BCUT2D eigenvalue weighted by Crippen LogP contribution is -2.32. The van der Waals surface area contributed by atoms with Crippen molar-refractivity contribution < 1.29 is 4.79 Å². The number of Topliss-reactive ketones (excluding diaryl/α,β-unsaturated/α-hetero) is 1. The monoisotopic (exact) mass is 262 g/mol. The van der Waals surface area contributed by atoms with E-state index in [1.54, 1.807) is 5.56 Å². The van der Waals surface area contributed by atoms with E-state index in [0.29, 0.717) is 17.6 Å². The molecule has 2 unspecified atom stereocenters. The average Bonchev–Trinajstić information content (AvgIpc) is 2.67. The molecule has 0 radical (unpaired) electrons. The Labute approximate surface area is 114 Å². The van der Waals surface area contributed by atoms with E-state index in [0.717, 1.165) is 12.8 Å². The van der Waals surface area contributed by atoms with Gasteiger partial charge in [0.15, 0.2) is 0 Å². The molecule has 2 aliphatic carbocycles. The number of fused-ring (bicyclic) bond motifs is 3. The zero-order valence-corrected chi connectivity index (χ0v) is 12.8. The molecule has 0 saturated heterocycles. The Morgan fingerprint density at radius 1 is 1.22 bits per heavy atom. The van der Waals surface area contributed by atoms with Crippen LogP contribution >= 0.6 is 11.3 Å². The van der Waals surface area contributed by atoms with Crippen LogP contribution in [0.3, 0.4) is 0 Å². The van der Waals surface area contributed by atoms with Gasteiger partial charge in [-0.05, 0) is 34.8 Å². The summed E-state index contributed by atoms with van der Waals surface area (Å²) in [7, 11) is 0. The third-order valence-electron chi connectivity index (χ3n) is 4.34. The highest BCUT2D eigenvalue weighted by Gasteiger charge is 2.50. The standard InChI is InChI=1S/C16H22OS/c1-8(2)14-10-6-9-7-11(17)12(9)13(10)15(18-14)16(3,4)5/h8-9,12H,6-7H2,1-5H3. The maximum Gasteiger partial charge on any atom is 0.141 e. The first kappa shape index (κ1) is 12.4. The molecule has 1 fully saturated rings. The van der Waals surface area contributed by atoms with Crippen LogP contribution in [0.5, 0.6) is 0 Å². The molecule has 0 bridgehead atoms. The molecule has 2 heteroatoms. The fourth-order valence-electron chi connectivity index (χ4n) is 3.51. The van der Waals surface area contributed by atoms with E-state index in [4.69, 9.17) is 0 Å². The van der Waals surface area contributed by atoms with E-state index in [9.17, 15) is 4.79 Å². The van der Waals surface area contributed by atoms with Crippen molar-refractivity contribution in [3.05, 3.63) is 20.9 Å². The molecule has 1 saturated carbocycles. The van der Waals surface area contributed by atoms with Crippen molar-refractivity contribution in [1.82, 2.24) is 0 Å². The summed E-state index contributed by atoms with van der Waals surface area (Å²) in [6, 6.07) is 0. The molecule has 1 nitrogen and oxygen atoms in total. The Balaban J connectivity index is 2.18. The summed E-state index contributed by atoms with van der Waals surface area (Å²) in [5.74, 6) is 1.97. The Kier molecular flexibility index (Phi) is 2.54. The van der Waals surface area contributed by atoms with E-state index in [-0.39, 0.29) is 11.3 Å². The van der Waals surface area contributed by atoms with Gasteiger partial charge in [0.25, 0.3) is 0 Å². The maximum absolute atomic E-state index is 11.9. The van der Waals surface area contributed by atoms with E-state index in [1.165, 1.54) is 15.3 Å². The Hall–Kier alpha value is -0.630. The van der Waals surface area contributed by atoms with Gasteiger partial charge in [-0.15, -0.1) is 11.3 Å². The lowest BCUT2D eigenvalue weighted by atomic mass is 9.71. The van der Waals surface area contributed by atoms with Gasteiger partial charge in [0, 0.05) is 22.1 Å². The Morgan fingerprint density at radius 2 is 1.89 bits per heavy atom. The molecule has 18 heavy (non-hydrogen) atoms. The van der Waals surface area contributed by atoms with Gasteiger partial charge in [0.05, 0.1) is 0 Å². The number of carbonyl (C=O) groups excluding carboxylic acids is 1. The van der Waals surface area contributed by atoms with Gasteiger partial charge < -0.3 is 0 Å². The number of hydrogen-bond acceptors (Lipinski definition) is 2. The molecule has 1 aromatic rings. The lowest BCUT2D eigenvalue weighted by molar-refractivity contribution is -0.128. The van der Waals surface area contributed by atoms with Gasteiger partial charge in [-0.2, -0.15) is 0 Å². The SMILES string of the molecule is CC(C)c1sc(C(C)(C)C)c2c1CC1CC(=O)C21. The number of rotatable bonds is 1. The quantitative estimate of drug-likeness (QED) is 0.733. The summed E-state index contributed by atoms with van der Waals surface area (Å²) in [4.78, 5) is 15.0. The first-order valence-electron chi connectivity index (χ1n) is 6.99. The van der Waals surface area contributed by atoms with Gasteiger partial charge in [-0.3, -0.25) is 4.79 Å². The van der Waals surface area contributed by atoms with Crippen molar-refractivity contribution in [3.63, 3.8) is 0 Å². The van der Waals surface area contributed by atoms with E-state index >= 15 is 0 Å². The normalized spacial score (nSPS) is 26.2. The van der Waals surface area contributed by atoms with Gasteiger partial charge >= 0.3 is 0 Å². The molecule has 0 N–H and O–H groups in total. The Morgan fingerprint density at radius 3 is 2.39 bits per heavy atom. The van der Waals surface area contributed by atoms with E-state index in [2.05, 4.69) is 34.6 Å². The lowest BCUT2D eigenvalue weighted by Gasteiger charge is -2.31. The summed E-state index contributed by atoms with van der Waals surface area (Å²) in [6.07, 6.45) is 1.98. The predicted molar refractivity (Wildman–Crippen MR) is 76.7 cm³/mol. The van der Waals surface area contributed by atoms with E-state index in [1.807, 2.05) is 11.3 Å². The molecule has 1 heterocycles. The van der Waals surface area contributed by atoms with Crippen LogP contribution in [0.4, 0.5) is 0 Å². The fraction of sp³-hybridized carbons (Fsp3) is 0.688. The summed E-state index contributed by atoms with van der Waals surface area (Å²) in [5, 5.41) is 0. The second-order valence-electron chi connectivity index (χ2n) is 7.20. The second kappa shape index (κ2) is 3.69. The number of thiophene rings is 1. The molecule has 2 atom stereocenters. The summed E-state index contributed by atoms with van der Waals surface area (Å²) in [5.41, 5.74) is 3.16. The van der Waals surface area contributed by atoms with Crippen LogP contribution in [0.1, 0.15) is 73.8 Å². The minimum absolute atomic E-state index is 0.173. The van der Waals surface area contributed by atoms with Crippen LogP contribution < -0.4 is 0 Å². The fourth-order valence-corrected chi connectivity index (χ4v) is 4.95. The molecule has 0 aliphatic heterocycles. The van der Waals surface area contributed by atoms with Crippen LogP contribution in [-0.4, -0.2) is 5.78 Å². The molecule has 2 aliphatic rings. The molecular formula is C16H22OS. The highest BCUT2D eigenvalue weighted by Crippen LogP contribution is 2.56. The average molecular weight is 262 g/mol. The van der Waals surface area contributed by atoms with Crippen molar-refractivity contribution in [2.75, 3.05) is 0 Å².